The molecule has 1 aliphatic heterocycles. The van der Waals surface area contributed by atoms with E-state index in [1.807, 2.05) is 6.92 Å². The molecule has 2 unspecified atom stereocenters. The number of carbonyl (C=O) groups excluding carboxylic acids is 1. The lowest BCUT2D eigenvalue weighted by Gasteiger charge is -2.35. The van der Waals surface area contributed by atoms with Crippen LogP contribution in [-0.4, -0.2) is 59.9 Å². The fourth-order valence-corrected chi connectivity index (χ4v) is 3.03. The van der Waals surface area contributed by atoms with Gasteiger partial charge in [-0.15, -0.1) is 0 Å². The Balaban J connectivity index is 1.88. The first-order valence-corrected chi connectivity index (χ1v) is 7.87. The summed E-state index contributed by atoms with van der Waals surface area (Å²) in [6.07, 6.45) is 4.39. The molecule has 0 spiro atoms. The van der Waals surface area contributed by atoms with E-state index >= 15 is 0 Å². The number of morpholine rings is 1. The molecule has 1 N–H and O–H groups in total. The number of nitrogens with zero attached hydrogens (tertiary/aromatic N) is 1. The van der Waals surface area contributed by atoms with Gasteiger partial charge in [-0.05, 0) is 19.3 Å². The smallest absolute Gasteiger partial charge is 0.306 e. The second-order valence-electron chi connectivity index (χ2n) is 5.81. The van der Waals surface area contributed by atoms with Gasteiger partial charge in [-0.3, -0.25) is 9.59 Å². The highest BCUT2D eigenvalue weighted by Crippen LogP contribution is 2.24. The lowest BCUT2D eigenvalue weighted by atomic mass is 10.1. The van der Waals surface area contributed by atoms with Gasteiger partial charge in [0, 0.05) is 13.1 Å². The van der Waals surface area contributed by atoms with E-state index in [9.17, 15) is 9.59 Å². The Labute approximate surface area is 125 Å². The molecule has 1 aliphatic carbocycles. The number of carboxylic acids is 1. The third-order valence-electron chi connectivity index (χ3n) is 4.16. The van der Waals surface area contributed by atoms with E-state index in [-0.39, 0.29) is 18.4 Å². The Morgan fingerprint density at radius 1 is 1.38 bits per heavy atom. The van der Waals surface area contributed by atoms with Crippen LogP contribution in [0.25, 0.3) is 0 Å². The largest absolute Gasteiger partial charge is 0.481 e. The van der Waals surface area contributed by atoms with Crippen molar-refractivity contribution >= 4 is 11.9 Å². The lowest BCUT2D eigenvalue weighted by Crippen LogP contribution is -2.50. The van der Waals surface area contributed by atoms with Crippen molar-refractivity contribution in [3.63, 3.8) is 0 Å². The quantitative estimate of drug-likeness (QED) is 0.803. The third kappa shape index (κ3) is 4.68. The van der Waals surface area contributed by atoms with Crippen LogP contribution in [0.5, 0.6) is 0 Å². The van der Waals surface area contributed by atoms with Crippen molar-refractivity contribution in [1.82, 2.24) is 4.90 Å². The molecular formula is C15H25NO5. The number of hydrogen-bond acceptors (Lipinski definition) is 4. The number of carboxylic acid groups (broad SMARTS) is 1. The minimum Gasteiger partial charge on any atom is -0.481 e. The molecule has 120 valence electrons. The molecule has 6 nitrogen and oxygen atoms in total. The van der Waals surface area contributed by atoms with E-state index in [1.54, 1.807) is 4.90 Å². The summed E-state index contributed by atoms with van der Waals surface area (Å²) in [6.45, 7) is 3.20. The SMILES string of the molecule is CCC(OC1CCCC1)C(=O)N1CCOC(CC(=O)O)C1. The van der Waals surface area contributed by atoms with Gasteiger partial charge >= 0.3 is 5.97 Å². The number of ether oxygens (including phenoxy) is 2. The summed E-state index contributed by atoms with van der Waals surface area (Å²) >= 11 is 0. The van der Waals surface area contributed by atoms with Gasteiger partial charge in [-0.25, -0.2) is 0 Å². The molecule has 1 saturated carbocycles. The predicted octanol–water partition coefficient (Wildman–Crippen LogP) is 1.43. The van der Waals surface area contributed by atoms with E-state index in [1.165, 1.54) is 12.8 Å². The van der Waals surface area contributed by atoms with Crippen LogP contribution in [0.2, 0.25) is 0 Å². The second kappa shape index (κ2) is 7.75. The number of amides is 1. The van der Waals surface area contributed by atoms with E-state index in [0.29, 0.717) is 26.1 Å². The standard InChI is InChI=1S/C15H25NO5/c1-2-13(21-11-5-3-4-6-11)15(19)16-7-8-20-12(10-16)9-14(17)18/h11-13H,2-10H2,1H3,(H,17,18). The molecule has 0 aromatic carbocycles. The maximum atomic E-state index is 12.5. The predicted molar refractivity (Wildman–Crippen MR) is 76.0 cm³/mol. The zero-order valence-electron chi connectivity index (χ0n) is 12.6. The first-order valence-electron chi connectivity index (χ1n) is 7.87. The number of aliphatic carboxylic acids is 1. The van der Waals surface area contributed by atoms with E-state index in [4.69, 9.17) is 14.6 Å². The van der Waals surface area contributed by atoms with Gasteiger partial charge in [0.2, 0.25) is 0 Å². The van der Waals surface area contributed by atoms with Crippen molar-refractivity contribution < 1.29 is 24.2 Å². The summed E-state index contributed by atoms with van der Waals surface area (Å²) in [6, 6.07) is 0. The van der Waals surface area contributed by atoms with Crippen molar-refractivity contribution in [3.8, 4) is 0 Å². The molecule has 1 saturated heterocycles. The van der Waals surface area contributed by atoms with Crippen molar-refractivity contribution in [3.05, 3.63) is 0 Å². The number of rotatable bonds is 6. The highest BCUT2D eigenvalue weighted by molar-refractivity contribution is 5.81. The molecule has 0 aromatic rings. The van der Waals surface area contributed by atoms with Gasteiger partial charge in [-0.1, -0.05) is 19.8 Å². The molecule has 0 aromatic heterocycles. The maximum absolute atomic E-state index is 12.5. The molecule has 2 aliphatic rings. The van der Waals surface area contributed by atoms with Crippen LogP contribution in [0.3, 0.4) is 0 Å². The zero-order valence-corrected chi connectivity index (χ0v) is 12.6. The van der Waals surface area contributed by atoms with E-state index in [2.05, 4.69) is 0 Å². The Kier molecular flexibility index (Phi) is 5.99. The zero-order chi connectivity index (χ0) is 15.2. The Bertz CT molecular complexity index is 367. The third-order valence-corrected chi connectivity index (χ3v) is 4.16. The minimum atomic E-state index is -0.899. The molecule has 0 radical (unpaired) electrons. The maximum Gasteiger partial charge on any atom is 0.306 e. The number of carbonyl (C=O) groups is 2. The van der Waals surface area contributed by atoms with E-state index < -0.39 is 18.2 Å². The van der Waals surface area contributed by atoms with Crippen molar-refractivity contribution in [2.75, 3.05) is 19.7 Å². The van der Waals surface area contributed by atoms with Crippen LogP contribution < -0.4 is 0 Å². The molecule has 2 fully saturated rings. The van der Waals surface area contributed by atoms with Gasteiger partial charge in [0.15, 0.2) is 0 Å². The topological polar surface area (TPSA) is 76.1 Å². The Morgan fingerprint density at radius 2 is 2.10 bits per heavy atom. The van der Waals surface area contributed by atoms with Gasteiger partial charge in [0.25, 0.3) is 5.91 Å². The van der Waals surface area contributed by atoms with Crippen LogP contribution in [0.1, 0.15) is 45.4 Å². The van der Waals surface area contributed by atoms with Crippen LogP contribution >= 0.6 is 0 Å². The van der Waals surface area contributed by atoms with Crippen molar-refractivity contribution in [2.45, 2.75) is 63.8 Å². The monoisotopic (exact) mass is 299 g/mol. The van der Waals surface area contributed by atoms with Gasteiger partial charge in [0.1, 0.15) is 6.10 Å². The van der Waals surface area contributed by atoms with Crippen LogP contribution in [0.4, 0.5) is 0 Å². The van der Waals surface area contributed by atoms with Crippen LogP contribution in [0, 0.1) is 0 Å². The van der Waals surface area contributed by atoms with Crippen molar-refractivity contribution in [2.24, 2.45) is 0 Å². The fraction of sp³-hybridized carbons (Fsp3) is 0.867. The molecule has 2 atom stereocenters. The first-order chi connectivity index (χ1) is 10.1. The highest BCUT2D eigenvalue weighted by Gasteiger charge is 2.31. The van der Waals surface area contributed by atoms with Gasteiger partial charge < -0.3 is 19.5 Å². The fourth-order valence-electron chi connectivity index (χ4n) is 3.03. The Morgan fingerprint density at radius 3 is 2.71 bits per heavy atom. The normalized spacial score (nSPS) is 25.0. The average Bonchev–Trinajstić information content (AvgIpc) is 2.96. The summed E-state index contributed by atoms with van der Waals surface area (Å²) in [5, 5.41) is 8.83. The van der Waals surface area contributed by atoms with Gasteiger partial charge in [0.05, 0.1) is 25.2 Å². The van der Waals surface area contributed by atoms with E-state index in [0.717, 1.165) is 12.8 Å². The summed E-state index contributed by atoms with van der Waals surface area (Å²) < 4.78 is 11.3. The molecule has 2 rings (SSSR count). The Hall–Kier alpha value is -1.14. The number of hydrogen-bond donors (Lipinski definition) is 1. The second-order valence-corrected chi connectivity index (χ2v) is 5.81. The molecule has 6 heteroatoms. The van der Waals surface area contributed by atoms with Gasteiger partial charge in [-0.2, -0.15) is 0 Å². The first kappa shape index (κ1) is 16.2. The van der Waals surface area contributed by atoms with Crippen molar-refractivity contribution in [1.29, 1.82) is 0 Å². The molecule has 1 heterocycles. The lowest BCUT2D eigenvalue weighted by molar-refractivity contribution is -0.157. The molecular weight excluding hydrogens is 274 g/mol. The molecule has 21 heavy (non-hydrogen) atoms. The highest BCUT2D eigenvalue weighted by atomic mass is 16.5. The average molecular weight is 299 g/mol. The summed E-state index contributed by atoms with van der Waals surface area (Å²) in [5.41, 5.74) is 0. The summed E-state index contributed by atoms with van der Waals surface area (Å²) in [5.74, 6) is -0.924. The molecule has 0 bridgehead atoms. The summed E-state index contributed by atoms with van der Waals surface area (Å²) in [4.78, 5) is 25.0. The molecule has 1 amide bonds. The minimum absolute atomic E-state index is 0.0249. The summed E-state index contributed by atoms with van der Waals surface area (Å²) in [7, 11) is 0. The van der Waals surface area contributed by atoms with Crippen LogP contribution in [0.15, 0.2) is 0 Å². The van der Waals surface area contributed by atoms with Crippen LogP contribution in [-0.2, 0) is 19.1 Å².